The number of hydrogen-bond acceptors (Lipinski definition) is 6. The van der Waals surface area contributed by atoms with Gasteiger partial charge in [0.1, 0.15) is 11.7 Å². The molecule has 0 fully saturated rings. The van der Waals surface area contributed by atoms with E-state index < -0.39 is 6.04 Å². The van der Waals surface area contributed by atoms with Crippen molar-refractivity contribution < 1.29 is 9.21 Å². The number of aromatic nitrogens is 5. The number of nitrogens with one attached hydrogen (secondary N) is 1. The molecule has 0 unspecified atom stereocenters. The van der Waals surface area contributed by atoms with E-state index in [-0.39, 0.29) is 11.8 Å². The zero-order chi connectivity index (χ0) is 17.4. The fraction of sp³-hybridized carbons (Fsp3) is 0.438. The van der Waals surface area contributed by atoms with E-state index in [0.717, 1.165) is 11.4 Å². The average Bonchev–Trinajstić information content (AvgIpc) is 3.13. The molecule has 0 aliphatic heterocycles. The summed E-state index contributed by atoms with van der Waals surface area (Å²) >= 11 is 0. The topological polar surface area (TPSA) is 98.2 Å². The van der Waals surface area contributed by atoms with Gasteiger partial charge in [0.15, 0.2) is 5.65 Å². The predicted molar refractivity (Wildman–Crippen MR) is 86.7 cm³/mol. The predicted octanol–water partition coefficient (Wildman–Crippen LogP) is 2.34. The Morgan fingerprint density at radius 3 is 2.54 bits per heavy atom. The summed E-state index contributed by atoms with van der Waals surface area (Å²) in [6, 6.07) is 3.14. The third-order valence-electron chi connectivity index (χ3n) is 3.63. The second-order valence-corrected chi connectivity index (χ2v) is 6.17. The molecule has 0 aliphatic carbocycles. The van der Waals surface area contributed by atoms with Crippen LogP contribution in [0.1, 0.15) is 66.4 Å². The SMILES string of the molecule is Cc1cc2nc(C(=O)N[C@@H](C)c3nnc(C(C)C)o3)cc(C)n2n1. The van der Waals surface area contributed by atoms with E-state index in [1.54, 1.807) is 17.5 Å². The summed E-state index contributed by atoms with van der Waals surface area (Å²) < 4.78 is 7.28. The molecule has 1 atom stereocenters. The summed E-state index contributed by atoms with van der Waals surface area (Å²) in [6.45, 7) is 9.50. The van der Waals surface area contributed by atoms with E-state index in [0.29, 0.717) is 23.1 Å². The number of aryl methyl sites for hydroxylation is 2. The van der Waals surface area contributed by atoms with Gasteiger partial charge in [0.25, 0.3) is 5.91 Å². The van der Waals surface area contributed by atoms with Crippen molar-refractivity contribution in [2.24, 2.45) is 0 Å². The molecule has 3 aromatic heterocycles. The zero-order valence-electron chi connectivity index (χ0n) is 14.4. The lowest BCUT2D eigenvalue weighted by molar-refractivity contribution is 0.0928. The van der Waals surface area contributed by atoms with Gasteiger partial charge in [-0.2, -0.15) is 5.10 Å². The zero-order valence-corrected chi connectivity index (χ0v) is 14.4. The Balaban J connectivity index is 1.81. The maximum atomic E-state index is 12.5. The lowest BCUT2D eigenvalue weighted by Crippen LogP contribution is -2.28. The summed E-state index contributed by atoms with van der Waals surface area (Å²) in [4.78, 5) is 16.8. The highest BCUT2D eigenvalue weighted by molar-refractivity contribution is 5.93. The number of carbonyl (C=O) groups is 1. The van der Waals surface area contributed by atoms with Gasteiger partial charge in [0.2, 0.25) is 11.8 Å². The van der Waals surface area contributed by atoms with E-state index in [4.69, 9.17) is 4.42 Å². The molecule has 1 amide bonds. The van der Waals surface area contributed by atoms with Crippen molar-refractivity contribution in [1.82, 2.24) is 30.1 Å². The molecule has 0 aliphatic rings. The van der Waals surface area contributed by atoms with Crippen molar-refractivity contribution in [1.29, 1.82) is 0 Å². The van der Waals surface area contributed by atoms with Crippen LogP contribution in [0.2, 0.25) is 0 Å². The molecular formula is C16H20N6O2. The molecule has 3 aromatic rings. The minimum Gasteiger partial charge on any atom is -0.423 e. The van der Waals surface area contributed by atoms with Crippen LogP contribution in [0.15, 0.2) is 16.5 Å². The van der Waals surface area contributed by atoms with E-state index in [2.05, 4.69) is 25.6 Å². The van der Waals surface area contributed by atoms with Crippen LogP contribution in [-0.4, -0.2) is 30.7 Å². The lowest BCUT2D eigenvalue weighted by atomic mass is 10.2. The van der Waals surface area contributed by atoms with Crippen molar-refractivity contribution in [3.05, 3.63) is 41.0 Å². The van der Waals surface area contributed by atoms with Crippen LogP contribution >= 0.6 is 0 Å². The van der Waals surface area contributed by atoms with E-state index in [1.807, 2.05) is 33.8 Å². The Labute approximate surface area is 139 Å². The summed E-state index contributed by atoms with van der Waals surface area (Å²) in [5.74, 6) is 0.781. The molecular weight excluding hydrogens is 308 g/mol. The van der Waals surface area contributed by atoms with Crippen LogP contribution in [0.4, 0.5) is 0 Å². The second kappa shape index (κ2) is 6.03. The number of carbonyl (C=O) groups excluding carboxylic acids is 1. The third kappa shape index (κ3) is 2.99. The minimum absolute atomic E-state index is 0.144. The molecule has 0 saturated heterocycles. The van der Waals surface area contributed by atoms with Gasteiger partial charge in [-0.15, -0.1) is 10.2 Å². The highest BCUT2D eigenvalue weighted by Crippen LogP contribution is 2.17. The van der Waals surface area contributed by atoms with Crippen molar-refractivity contribution in [3.8, 4) is 0 Å². The number of amides is 1. The first kappa shape index (κ1) is 16.1. The van der Waals surface area contributed by atoms with Gasteiger partial charge in [-0.05, 0) is 26.8 Å². The summed E-state index contributed by atoms with van der Waals surface area (Å²) in [7, 11) is 0. The molecule has 8 heteroatoms. The maximum absolute atomic E-state index is 12.5. The van der Waals surface area contributed by atoms with Gasteiger partial charge in [0, 0.05) is 17.7 Å². The Morgan fingerprint density at radius 2 is 1.88 bits per heavy atom. The monoisotopic (exact) mass is 328 g/mol. The fourth-order valence-corrected chi connectivity index (χ4v) is 2.34. The molecule has 1 N–H and O–H groups in total. The Kier molecular flexibility index (Phi) is 4.04. The molecule has 0 radical (unpaired) electrons. The fourth-order valence-electron chi connectivity index (χ4n) is 2.34. The highest BCUT2D eigenvalue weighted by Gasteiger charge is 2.20. The van der Waals surface area contributed by atoms with Crippen molar-refractivity contribution in [2.45, 2.75) is 46.6 Å². The van der Waals surface area contributed by atoms with Crippen LogP contribution in [0.5, 0.6) is 0 Å². The molecule has 0 aromatic carbocycles. The molecule has 0 saturated carbocycles. The number of hydrogen-bond donors (Lipinski definition) is 1. The lowest BCUT2D eigenvalue weighted by Gasteiger charge is -2.10. The first-order valence-corrected chi connectivity index (χ1v) is 7.83. The molecule has 8 nitrogen and oxygen atoms in total. The van der Waals surface area contributed by atoms with E-state index in [1.165, 1.54) is 0 Å². The van der Waals surface area contributed by atoms with E-state index >= 15 is 0 Å². The van der Waals surface area contributed by atoms with Crippen LogP contribution < -0.4 is 5.32 Å². The molecule has 126 valence electrons. The highest BCUT2D eigenvalue weighted by atomic mass is 16.4. The second-order valence-electron chi connectivity index (χ2n) is 6.17. The van der Waals surface area contributed by atoms with Crippen molar-refractivity contribution in [3.63, 3.8) is 0 Å². The Hall–Kier alpha value is -2.77. The van der Waals surface area contributed by atoms with Crippen LogP contribution in [0.25, 0.3) is 5.65 Å². The number of rotatable bonds is 4. The largest absolute Gasteiger partial charge is 0.423 e. The molecule has 0 spiro atoms. The maximum Gasteiger partial charge on any atom is 0.270 e. The van der Waals surface area contributed by atoms with Crippen molar-refractivity contribution >= 4 is 11.6 Å². The first-order chi connectivity index (χ1) is 11.3. The smallest absolute Gasteiger partial charge is 0.270 e. The van der Waals surface area contributed by atoms with Crippen LogP contribution in [-0.2, 0) is 0 Å². The first-order valence-electron chi connectivity index (χ1n) is 7.83. The quantitative estimate of drug-likeness (QED) is 0.789. The standard InChI is InChI=1S/C16H20N6O2/c1-8(2)15-19-20-16(24-15)11(5)17-14(23)12-7-10(4)22-13(18-12)6-9(3)21-22/h6-8,11H,1-5H3,(H,17,23)/t11-/m0/s1. The van der Waals surface area contributed by atoms with Crippen molar-refractivity contribution in [2.75, 3.05) is 0 Å². The average molecular weight is 328 g/mol. The third-order valence-corrected chi connectivity index (χ3v) is 3.63. The number of nitrogens with zero attached hydrogens (tertiary/aromatic N) is 5. The van der Waals surface area contributed by atoms with Gasteiger partial charge in [-0.1, -0.05) is 13.8 Å². The van der Waals surface area contributed by atoms with Gasteiger partial charge in [0.05, 0.1) is 5.69 Å². The minimum atomic E-state index is -0.400. The van der Waals surface area contributed by atoms with Crippen LogP contribution in [0, 0.1) is 13.8 Å². The van der Waals surface area contributed by atoms with Gasteiger partial charge >= 0.3 is 0 Å². The molecule has 24 heavy (non-hydrogen) atoms. The van der Waals surface area contributed by atoms with Gasteiger partial charge in [-0.3, -0.25) is 4.79 Å². The summed E-state index contributed by atoms with van der Waals surface area (Å²) in [6.07, 6.45) is 0. The van der Waals surface area contributed by atoms with Gasteiger partial charge in [-0.25, -0.2) is 9.50 Å². The molecule has 3 rings (SSSR count). The van der Waals surface area contributed by atoms with E-state index in [9.17, 15) is 4.79 Å². The summed E-state index contributed by atoms with van der Waals surface area (Å²) in [5.41, 5.74) is 2.66. The Morgan fingerprint density at radius 1 is 1.17 bits per heavy atom. The molecule has 3 heterocycles. The summed E-state index contributed by atoms with van der Waals surface area (Å²) in [5, 5.41) is 15.1. The Bertz CT molecular complexity index is 895. The molecule has 0 bridgehead atoms. The number of fused-ring (bicyclic) bond motifs is 1. The van der Waals surface area contributed by atoms with Crippen LogP contribution in [0.3, 0.4) is 0 Å². The normalized spacial score (nSPS) is 12.8. The van der Waals surface area contributed by atoms with Gasteiger partial charge < -0.3 is 9.73 Å².